The monoisotopic (exact) mass is 288 g/mol. The lowest BCUT2D eigenvalue weighted by Crippen LogP contribution is -2.54. The van der Waals surface area contributed by atoms with Crippen molar-refractivity contribution in [3.8, 4) is 0 Å². The second-order valence-electron chi connectivity index (χ2n) is 4.80. The van der Waals surface area contributed by atoms with Gasteiger partial charge in [-0.3, -0.25) is 9.80 Å². The van der Waals surface area contributed by atoms with Crippen LogP contribution in [0.1, 0.15) is 34.1 Å². The highest BCUT2D eigenvalue weighted by atomic mass is 32.1. The first-order chi connectivity index (χ1) is 8.82. The highest BCUT2D eigenvalue weighted by molar-refractivity contribution is 7.80. The van der Waals surface area contributed by atoms with Gasteiger partial charge in [0.15, 0.2) is 5.11 Å². The third kappa shape index (κ3) is 4.34. The number of hydrogen-bond donors (Lipinski definition) is 0. The van der Waals surface area contributed by atoms with Gasteiger partial charge < -0.3 is 9.47 Å². The summed E-state index contributed by atoms with van der Waals surface area (Å²) in [6, 6.07) is 0. The summed E-state index contributed by atoms with van der Waals surface area (Å²) in [4.78, 5) is 26.3. The maximum Gasteiger partial charge on any atom is 0.416 e. The first kappa shape index (κ1) is 15.7. The second kappa shape index (κ2) is 6.70. The van der Waals surface area contributed by atoms with Crippen LogP contribution in [0.3, 0.4) is 0 Å². The summed E-state index contributed by atoms with van der Waals surface area (Å²) in [6.45, 7) is 7.95. The van der Waals surface area contributed by atoms with Crippen LogP contribution in [0.25, 0.3) is 0 Å². The number of thiocarbonyl (C=S) groups is 1. The van der Waals surface area contributed by atoms with Crippen LogP contribution in [0.2, 0.25) is 0 Å². The molecular formula is C12H20N2O4S. The topological polar surface area (TPSA) is 59.1 Å². The molecule has 0 aromatic rings. The van der Waals surface area contributed by atoms with E-state index in [0.29, 0.717) is 19.5 Å². The largest absolute Gasteiger partial charge is 0.446 e. The van der Waals surface area contributed by atoms with Crippen LogP contribution in [0, 0.1) is 0 Å². The lowest BCUT2D eigenvalue weighted by molar-refractivity contribution is 0.0745. The molecule has 0 aromatic carbocycles. The van der Waals surface area contributed by atoms with E-state index in [0.717, 1.165) is 0 Å². The van der Waals surface area contributed by atoms with Crippen molar-refractivity contribution in [2.24, 2.45) is 0 Å². The van der Waals surface area contributed by atoms with Crippen molar-refractivity contribution in [2.75, 3.05) is 13.1 Å². The zero-order valence-corrected chi connectivity index (χ0v) is 12.5. The number of carbonyl (C=O) groups excluding carboxylic acids is 2. The van der Waals surface area contributed by atoms with Gasteiger partial charge in [0.1, 0.15) is 0 Å². The van der Waals surface area contributed by atoms with Crippen LogP contribution in [0.15, 0.2) is 0 Å². The Morgan fingerprint density at radius 2 is 1.37 bits per heavy atom. The molecule has 7 heteroatoms. The van der Waals surface area contributed by atoms with E-state index in [1.165, 1.54) is 9.80 Å². The van der Waals surface area contributed by atoms with Crippen molar-refractivity contribution in [2.45, 2.75) is 46.3 Å². The summed E-state index contributed by atoms with van der Waals surface area (Å²) in [6.07, 6.45) is -0.869. The second-order valence-corrected chi connectivity index (χ2v) is 5.17. The molecule has 1 saturated heterocycles. The molecule has 0 radical (unpaired) electrons. The fourth-order valence-electron chi connectivity index (χ4n) is 1.59. The maximum absolute atomic E-state index is 11.8. The minimum Gasteiger partial charge on any atom is -0.446 e. The third-order valence-corrected chi connectivity index (χ3v) is 2.78. The summed E-state index contributed by atoms with van der Waals surface area (Å²) < 4.78 is 10.2. The molecule has 0 unspecified atom stereocenters. The van der Waals surface area contributed by atoms with Crippen LogP contribution < -0.4 is 0 Å². The van der Waals surface area contributed by atoms with E-state index in [9.17, 15) is 9.59 Å². The number of nitrogens with zero attached hydrogens (tertiary/aromatic N) is 2. The molecule has 0 atom stereocenters. The van der Waals surface area contributed by atoms with Crippen molar-refractivity contribution in [3.05, 3.63) is 0 Å². The van der Waals surface area contributed by atoms with E-state index in [4.69, 9.17) is 21.7 Å². The molecule has 1 heterocycles. The van der Waals surface area contributed by atoms with E-state index in [1.54, 1.807) is 27.7 Å². The predicted molar refractivity (Wildman–Crippen MR) is 73.9 cm³/mol. The maximum atomic E-state index is 11.8. The fourth-order valence-corrected chi connectivity index (χ4v) is 1.92. The first-order valence-corrected chi connectivity index (χ1v) is 6.74. The zero-order valence-electron chi connectivity index (χ0n) is 11.7. The van der Waals surface area contributed by atoms with Gasteiger partial charge in [0.25, 0.3) is 0 Å². The Bertz CT molecular complexity index is 339. The summed E-state index contributed by atoms with van der Waals surface area (Å²) in [5.74, 6) is 0. The van der Waals surface area contributed by atoms with Gasteiger partial charge in [-0.2, -0.15) is 0 Å². The van der Waals surface area contributed by atoms with Crippen molar-refractivity contribution in [1.29, 1.82) is 0 Å². The number of carbonyl (C=O) groups is 2. The zero-order chi connectivity index (χ0) is 14.6. The van der Waals surface area contributed by atoms with E-state index in [1.807, 2.05) is 0 Å². The number of rotatable bonds is 2. The van der Waals surface area contributed by atoms with Crippen LogP contribution >= 0.6 is 12.2 Å². The molecule has 0 aliphatic carbocycles. The molecule has 2 amide bonds. The van der Waals surface area contributed by atoms with Crippen LogP contribution in [-0.4, -0.2) is 52.4 Å². The van der Waals surface area contributed by atoms with Gasteiger partial charge in [-0.15, -0.1) is 0 Å². The molecule has 1 aliphatic heterocycles. The highest BCUT2D eigenvalue weighted by Crippen LogP contribution is 2.14. The standard InChI is InChI=1S/C12H20N2O4S/c1-8(2)17-11(15)13-6-5-7-14(10(13)19)12(16)18-9(3)4/h8-9H,5-7H2,1-4H3. The molecule has 108 valence electrons. The van der Waals surface area contributed by atoms with Crippen molar-refractivity contribution < 1.29 is 19.1 Å². The van der Waals surface area contributed by atoms with Crippen molar-refractivity contribution in [3.63, 3.8) is 0 Å². The predicted octanol–water partition coefficient (Wildman–Crippen LogP) is 2.37. The Hall–Kier alpha value is -1.37. The van der Waals surface area contributed by atoms with Gasteiger partial charge in [-0.25, -0.2) is 9.59 Å². The highest BCUT2D eigenvalue weighted by Gasteiger charge is 2.33. The van der Waals surface area contributed by atoms with E-state index in [-0.39, 0.29) is 17.3 Å². The molecule has 6 nitrogen and oxygen atoms in total. The number of ether oxygens (including phenoxy) is 2. The smallest absolute Gasteiger partial charge is 0.416 e. The van der Waals surface area contributed by atoms with Gasteiger partial charge in [0.2, 0.25) is 0 Å². The molecule has 0 saturated carbocycles. The van der Waals surface area contributed by atoms with Crippen LogP contribution in [0.5, 0.6) is 0 Å². The van der Waals surface area contributed by atoms with Gasteiger partial charge in [0, 0.05) is 13.1 Å². The van der Waals surface area contributed by atoms with Gasteiger partial charge in [-0.05, 0) is 46.3 Å². The van der Waals surface area contributed by atoms with Gasteiger partial charge >= 0.3 is 12.2 Å². The Morgan fingerprint density at radius 3 is 1.68 bits per heavy atom. The fraction of sp³-hybridized carbons (Fsp3) is 0.750. The normalized spacial score (nSPS) is 16.0. The summed E-state index contributed by atoms with van der Waals surface area (Å²) in [5, 5.41) is 0.141. The van der Waals surface area contributed by atoms with Crippen LogP contribution in [-0.2, 0) is 9.47 Å². The average molecular weight is 288 g/mol. The van der Waals surface area contributed by atoms with E-state index < -0.39 is 12.2 Å². The van der Waals surface area contributed by atoms with E-state index >= 15 is 0 Å². The average Bonchev–Trinajstić information content (AvgIpc) is 2.26. The Morgan fingerprint density at radius 1 is 1.00 bits per heavy atom. The molecular weight excluding hydrogens is 268 g/mol. The third-order valence-electron chi connectivity index (χ3n) is 2.34. The van der Waals surface area contributed by atoms with Gasteiger partial charge in [-0.1, -0.05) is 0 Å². The molecule has 0 spiro atoms. The summed E-state index contributed by atoms with van der Waals surface area (Å²) >= 11 is 5.16. The summed E-state index contributed by atoms with van der Waals surface area (Å²) in [7, 11) is 0. The SMILES string of the molecule is CC(C)OC(=O)N1CCCN(C(=O)OC(C)C)C1=S. The molecule has 1 aliphatic rings. The Balaban J connectivity index is 2.70. The summed E-state index contributed by atoms with van der Waals surface area (Å²) in [5.41, 5.74) is 0. The Labute approximate surface area is 118 Å². The molecule has 19 heavy (non-hydrogen) atoms. The Kier molecular flexibility index (Phi) is 5.53. The van der Waals surface area contributed by atoms with Crippen molar-refractivity contribution >= 4 is 29.5 Å². The van der Waals surface area contributed by atoms with Crippen molar-refractivity contribution in [1.82, 2.24) is 9.80 Å². The molecule has 0 N–H and O–H groups in total. The van der Waals surface area contributed by atoms with Gasteiger partial charge in [0.05, 0.1) is 12.2 Å². The molecule has 0 bridgehead atoms. The quantitative estimate of drug-likeness (QED) is 0.730. The minimum absolute atomic E-state index is 0.141. The van der Waals surface area contributed by atoms with E-state index in [2.05, 4.69) is 0 Å². The molecule has 0 aromatic heterocycles. The molecule has 1 rings (SSSR count). The number of amides is 2. The first-order valence-electron chi connectivity index (χ1n) is 6.33. The number of hydrogen-bond acceptors (Lipinski definition) is 5. The minimum atomic E-state index is -0.526. The van der Waals surface area contributed by atoms with Crippen LogP contribution in [0.4, 0.5) is 9.59 Å². The molecule has 1 fully saturated rings. The lowest BCUT2D eigenvalue weighted by atomic mass is 10.3. The lowest BCUT2D eigenvalue weighted by Gasteiger charge is -2.35.